The van der Waals surface area contributed by atoms with E-state index in [4.69, 9.17) is 0 Å². The van der Waals surface area contributed by atoms with Crippen molar-refractivity contribution in [2.45, 2.75) is 32.5 Å². The number of nitrogens with one attached hydrogen (secondary N) is 1. The average molecular weight is 445 g/mol. The van der Waals surface area contributed by atoms with E-state index in [0.717, 1.165) is 22.9 Å². The number of rotatable bonds is 4. The summed E-state index contributed by atoms with van der Waals surface area (Å²) < 4.78 is 42.0. The summed E-state index contributed by atoms with van der Waals surface area (Å²) in [6.45, 7) is 3.03. The Hall–Kier alpha value is -3.83. The molecule has 0 unspecified atom stereocenters. The van der Waals surface area contributed by atoms with Crippen LogP contribution in [0.4, 0.5) is 19.1 Å². The number of hydrogen-bond donors (Lipinski definition) is 1. The largest absolute Gasteiger partial charge is 0.416 e. The number of fused-ring (bicyclic) bond motifs is 2. The molecule has 0 aliphatic rings. The molecular weight excluding hydrogens is 427 g/mol. The average Bonchev–Trinajstić information content (AvgIpc) is 3.09. The van der Waals surface area contributed by atoms with Crippen molar-refractivity contribution in [1.29, 1.82) is 0 Å². The van der Waals surface area contributed by atoms with Crippen molar-refractivity contribution >= 4 is 33.8 Å². The van der Waals surface area contributed by atoms with Gasteiger partial charge in [-0.3, -0.25) is 14.9 Å². The molecule has 0 saturated carbocycles. The molecule has 9 nitrogen and oxygen atoms in total. The SMILES string of the molecule is CC(C)c1nn(CC(=O)Nc2ncc3ncn(C)c3n2)c(=O)c2ccc(C(F)(F)F)cc12. The zero-order valence-electron chi connectivity index (χ0n) is 17.3. The lowest BCUT2D eigenvalue weighted by Gasteiger charge is -2.15. The van der Waals surface area contributed by atoms with Crippen LogP contribution in [0.2, 0.25) is 0 Å². The van der Waals surface area contributed by atoms with Crippen LogP contribution in [0.1, 0.15) is 31.0 Å². The van der Waals surface area contributed by atoms with Crippen molar-refractivity contribution in [3.63, 3.8) is 0 Å². The van der Waals surface area contributed by atoms with Crippen LogP contribution in [0, 0.1) is 0 Å². The molecule has 0 radical (unpaired) electrons. The number of imidazole rings is 1. The molecule has 0 atom stereocenters. The topological polar surface area (TPSA) is 108 Å². The van der Waals surface area contributed by atoms with Crippen molar-refractivity contribution in [3.8, 4) is 0 Å². The Morgan fingerprint density at radius 3 is 2.62 bits per heavy atom. The molecule has 0 saturated heterocycles. The predicted molar refractivity (Wildman–Crippen MR) is 110 cm³/mol. The van der Waals surface area contributed by atoms with Crippen LogP contribution >= 0.6 is 0 Å². The van der Waals surface area contributed by atoms with Gasteiger partial charge in [0.1, 0.15) is 12.1 Å². The van der Waals surface area contributed by atoms with Gasteiger partial charge in [-0.25, -0.2) is 14.6 Å². The molecule has 3 aromatic heterocycles. The molecular formula is C20H18F3N7O2. The quantitative estimate of drug-likeness (QED) is 0.518. The van der Waals surface area contributed by atoms with E-state index in [-0.39, 0.29) is 28.3 Å². The molecule has 0 spiro atoms. The molecule has 3 heterocycles. The number of carbonyl (C=O) groups excluding carboxylic acids is 1. The Balaban J connectivity index is 1.68. The smallest absolute Gasteiger partial charge is 0.318 e. The van der Waals surface area contributed by atoms with Gasteiger partial charge in [-0.2, -0.15) is 23.3 Å². The summed E-state index contributed by atoms with van der Waals surface area (Å²) in [5.74, 6) is -0.868. The van der Waals surface area contributed by atoms with Gasteiger partial charge in [0, 0.05) is 12.4 Å². The second-order valence-electron chi connectivity index (χ2n) is 7.57. The Kier molecular flexibility index (Phi) is 5.15. The van der Waals surface area contributed by atoms with E-state index in [2.05, 4.69) is 25.4 Å². The van der Waals surface area contributed by atoms with E-state index >= 15 is 0 Å². The highest BCUT2D eigenvalue weighted by atomic mass is 19.4. The van der Waals surface area contributed by atoms with Crippen molar-refractivity contribution in [2.75, 3.05) is 5.32 Å². The van der Waals surface area contributed by atoms with Gasteiger partial charge >= 0.3 is 6.18 Å². The zero-order valence-corrected chi connectivity index (χ0v) is 17.3. The van der Waals surface area contributed by atoms with Crippen molar-refractivity contribution in [3.05, 3.63) is 52.3 Å². The highest BCUT2D eigenvalue weighted by Crippen LogP contribution is 2.32. The molecule has 0 aliphatic heterocycles. The van der Waals surface area contributed by atoms with Crippen LogP contribution in [-0.4, -0.2) is 35.2 Å². The normalized spacial score (nSPS) is 12.1. The van der Waals surface area contributed by atoms with Crippen LogP contribution in [0.3, 0.4) is 0 Å². The number of anilines is 1. The van der Waals surface area contributed by atoms with E-state index in [9.17, 15) is 22.8 Å². The summed E-state index contributed by atoms with van der Waals surface area (Å²) in [6, 6.07) is 2.87. The van der Waals surface area contributed by atoms with E-state index < -0.39 is 29.8 Å². The maximum Gasteiger partial charge on any atom is 0.416 e. The number of aryl methyl sites for hydroxylation is 1. The number of benzene rings is 1. The summed E-state index contributed by atoms with van der Waals surface area (Å²) in [6.07, 6.45) is -1.54. The molecule has 1 aromatic carbocycles. The standard InChI is InChI=1S/C20H18F3N7O2/c1-10(2)16-13-6-11(20(21,22)23)4-5-12(13)18(32)30(28-16)8-15(31)26-19-24-7-14-17(27-19)29(3)9-25-14/h4-7,9-10H,8H2,1-3H3,(H,24,26,27,31). The fourth-order valence-corrected chi connectivity index (χ4v) is 3.30. The number of halogens is 3. The number of nitrogens with zero attached hydrogens (tertiary/aromatic N) is 6. The summed E-state index contributed by atoms with van der Waals surface area (Å²) in [5.41, 5.74) is -0.190. The van der Waals surface area contributed by atoms with Gasteiger partial charge in [-0.15, -0.1) is 0 Å². The molecule has 1 amide bonds. The Labute approximate surface area is 178 Å². The van der Waals surface area contributed by atoms with Gasteiger partial charge in [-0.1, -0.05) is 13.8 Å². The molecule has 0 bridgehead atoms. The number of alkyl halides is 3. The van der Waals surface area contributed by atoms with Crippen LogP contribution < -0.4 is 10.9 Å². The van der Waals surface area contributed by atoms with Crippen LogP contribution in [0.15, 0.2) is 35.5 Å². The van der Waals surface area contributed by atoms with Crippen LogP contribution in [0.25, 0.3) is 21.9 Å². The molecule has 0 aliphatic carbocycles. The molecule has 1 N–H and O–H groups in total. The molecule has 12 heteroatoms. The van der Waals surface area contributed by atoms with Gasteiger partial charge in [0.25, 0.3) is 5.56 Å². The number of hydrogen-bond acceptors (Lipinski definition) is 6. The summed E-state index contributed by atoms with van der Waals surface area (Å²) >= 11 is 0. The minimum atomic E-state index is -4.55. The first-order valence-electron chi connectivity index (χ1n) is 9.60. The van der Waals surface area contributed by atoms with Gasteiger partial charge in [0.15, 0.2) is 5.65 Å². The third kappa shape index (κ3) is 3.90. The lowest BCUT2D eigenvalue weighted by molar-refractivity contribution is -0.137. The van der Waals surface area contributed by atoms with Gasteiger partial charge in [-0.05, 0) is 24.1 Å². The monoisotopic (exact) mass is 445 g/mol. The highest BCUT2D eigenvalue weighted by molar-refractivity contribution is 5.90. The van der Waals surface area contributed by atoms with Crippen molar-refractivity contribution < 1.29 is 18.0 Å². The lowest BCUT2D eigenvalue weighted by atomic mass is 10.0. The fourth-order valence-electron chi connectivity index (χ4n) is 3.30. The van der Waals surface area contributed by atoms with E-state index in [1.54, 1.807) is 31.8 Å². The number of carbonyl (C=O) groups is 1. The highest BCUT2D eigenvalue weighted by Gasteiger charge is 2.31. The third-order valence-electron chi connectivity index (χ3n) is 4.86. The first-order chi connectivity index (χ1) is 15.0. The molecule has 4 aromatic rings. The second-order valence-corrected chi connectivity index (χ2v) is 7.57. The molecule has 4 rings (SSSR count). The van der Waals surface area contributed by atoms with E-state index in [1.807, 2.05) is 0 Å². The third-order valence-corrected chi connectivity index (χ3v) is 4.86. The number of amides is 1. The van der Waals surface area contributed by atoms with Crippen LogP contribution in [0.5, 0.6) is 0 Å². The van der Waals surface area contributed by atoms with Gasteiger partial charge in [0.2, 0.25) is 11.9 Å². The maximum atomic E-state index is 13.1. The van der Waals surface area contributed by atoms with Crippen molar-refractivity contribution in [2.24, 2.45) is 7.05 Å². The Morgan fingerprint density at radius 1 is 1.19 bits per heavy atom. The van der Waals surface area contributed by atoms with E-state index in [1.165, 1.54) is 6.20 Å². The lowest BCUT2D eigenvalue weighted by Crippen LogP contribution is -2.31. The predicted octanol–water partition coefficient (Wildman–Crippen LogP) is 2.85. The minimum absolute atomic E-state index is 0.0267. The fraction of sp³-hybridized carbons (Fsp3) is 0.300. The van der Waals surface area contributed by atoms with E-state index in [0.29, 0.717) is 11.2 Å². The van der Waals surface area contributed by atoms with Crippen LogP contribution in [-0.2, 0) is 24.6 Å². The molecule has 32 heavy (non-hydrogen) atoms. The second kappa shape index (κ2) is 7.70. The maximum absolute atomic E-state index is 13.1. The zero-order chi connectivity index (χ0) is 23.2. The minimum Gasteiger partial charge on any atom is -0.318 e. The van der Waals surface area contributed by atoms with Gasteiger partial charge in [0.05, 0.1) is 29.2 Å². The van der Waals surface area contributed by atoms with Crippen molar-refractivity contribution in [1.82, 2.24) is 29.3 Å². The summed E-state index contributed by atoms with van der Waals surface area (Å²) in [5, 5.41) is 6.85. The first-order valence-corrected chi connectivity index (χ1v) is 9.60. The first kappa shape index (κ1) is 21.4. The Morgan fingerprint density at radius 2 is 1.94 bits per heavy atom. The number of aromatic nitrogens is 6. The molecule has 0 fully saturated rings. The summed E-state index contributed by atoms with van der Waals surface area (Å²) in [4.78, 5) is 37.7. The van der Waals surface area contributed by atoms with Gasteiger partial charge < -0.3 is 4.57 Å². The Bertz CT molecular complexity index is 1410. The summed E-state index contributed by atoms with van der Waals surface area (Å²) in [7, 11) is 1.74. The molecule has 166 valence electrons.